The molecular weight excluding hydrogens is 262 g/mol. The SMILES string of the molecule is COCC(NC(=O)N1CCCN2CCCC2C1)C(=O)O. The van der Waals surface area contributed by atoms with Crippen LogP contribution in [0.25, 0.3) is 0 Å². The fraction of sp³-hybridized carbons (Fsp3) is 0.846. The van der Waals surface area contributed by atoms with Crippen LogP contribution in [0.4, 0.5) is 4.79 Å². The maximum atomic E-state index is 12.2. The number of nitrogens with zero attached hydrogens (tertiary/aromatic N) is 2. The van der Waals surface area contributed by atoms with Crippen LogP contribution in [-0.2, 0) is 9.53 Å². The van der Waals surface area contributed by atoms with Crippen LogP contribution in [0.5, 0.6) is 0 Å². The molecule has 2 N–H and O–H groups in total. The molecule has 2 fully saturated rings. The number of urea groups is 1. The smallest absolute Gasteiger partial charge is 0.328 e. The zero-order chi connectivity index (χ0) is 14.5. The molecular formula is C13H23N3O4. The van der Waals surface area contributed by atoms with Crippen molar-refractivity contribution < 1.29 is 19.4 Å². The van der Waals surface area contributed by atoms with Crippen molar-refractivity contribution in [3.8, 4) is 0 Å². The summed E-state index contributed by atoms with van der Waals surface area (Å²) >= 11 is 0. The third kappa shape index (κ3) is 3.61. The lowest BCUT2D eigenvalue weighted by atomic mass is 10.2. The Morgan fingerprint density at radius 2 is 2.10 bits per heavy atom. The van der Waals surface area contributed by atoms with Gasteiger partial charge in [0.2, 0.25) is 0 Å². The number of ether oxygens (including phenoxy) is 1. The van der Waals surface area contributed by atoms with Gasteiger partial charge in [-0.3, -0.25) is 4.90 Å². The second-order valence-electron chi connectivity index (χ2n) is 5.43. The van der Waals surface area contributed by atoms with E-state index in [4.69, 9.17) is 9.84 Å². The molecule has 0 radical (unpaired) electrons. The number of hydrogen-bond donors (Lipinski definition) is 2. The largest absolute Gasteiger partial charge is 0.480 e. The lowest BCUT2D eigenvalue weighted by Gasteiger charge is -2.27. The van der Waals surface area contributed by atoms with Crippen LogP contribution >= 0.6 is 0 Å². The molecule has 0 aliphatic carbocycles. The molecule has 2 amide bonds. The second-order valence-corrected chi connectivity index (χ2v) is 5.43. The van der Waals surface area contributed by atoms with Gasteiger partial charge in [0, 0.05) is 32.8 Å². The van der Waals surface area contributed by atoms with Crippen LogP contribution in [0.3, 0.4) is 0 Å². The van der Waals surface area contributed by atoms with Crippen molar-refractivity contribution in [3.05, 3.63) is 0 Å². The molecule has 114 valence electrons. The lowest BCUT2D eigenvalue weighted by Crippen LogP contribution is -2.51. The monoisotopic (exact) mass is 285 g/mol. The van der Waals surface area contributed by atoms with E-state index in [0.29, 0.717) is 19.1 Å². The highest BCUT2D eigenvalue weighted by Crippen LogP contribution is 2.21. The minimum absolute atomic E-state index is 0.0233. The van der Waals surface area contributed by atoms with E-state index in [1.165, 1.54) is 13.5 Å². The van der Waals surface area contributed by atoms with Crippen LogP contribution in [-0.4, -0.2) is 78.9 Å². The molecule has 0 saturated carbocycles. The predicted molar refractivity (Wildman–Crippen MR) is 72.6 cm³/mol. The van der Waals surface area contributed by atoms with E-state index in [9.17, 15) is 9.59 Å². The number of nitrogens with one attached hydrogen (secondary N) is 1. The van der Waals surface area contributed by atoms with Gasteiger partial charge in [0.25, 0.3) is 0 Å². The first-order valence-corrected chi connectivity index (χ1v) is 7.13. The standard InChI is InChI=1S/C13H23N3O4/c1-20-9-11(12(17)18)14-13(19)16-7-3-6-15-5-2-4-10(15)8-16/h10-11H,2-9H2,1H3,(H,14,19)(H,17,18). The van der Waals surface area contributed by atoms with Crippen molar-refractivity contribution in [1.82, 2.24) is 15.1 Å². The van der Waals surface area contributed by atoms with Crippen LogP contribution in [0, 0.1) is 0 Å². The molecule has 20 heavy (non-hydrogen) atoms. The number of hydrogen-bond acceptors (Lipinski definition) is 4. The second kappa shape index (κ2) is 6.90. The first-order chi connectivity index (χ1) is 9.61. The third-order valence-corrected chi connectivity index (χ3v) is 4.02. The summed E-state index contributed by atoms with van der Waals surface area (Å²) in [5.74, 6) is -1.07. The zero-order valence-electron chi connectivity index (χ0n) is 11.9. The predicted octanol–water partition coefficient (Wildman–Crippen LogP) is -0.0343. The average Bonchev–Trinajstić information content (AvgIpc) is 2.75. The third-order valence-electron chi connectivity index (χ3n) is 4.02. The molecule has 0 aromatic heterocycles. The number of carbonyl (C=O) groups excluding carboxylic acids is 1. The Kier molecular flexibility index (Phi) is 5.19. The van der Waals surface area contributed by atoms with Crippen LogP contribution < -0.4 is 5.32 Å². The summed E-state index contributed by atoms with van der Waals surface area (Å²) in [5.41, 5.74) is 0. The number of rotatable bonds is 4. The number of methoxy groups -OCH3 is 1. The fourth-order valence-electron chi connectivity index (χ4n) is 2.97. The molecule has 0 bridgehead atoms. The van der Waals surface area contributed by atoms with Gasteiger partial charge in [-0.2, -0.15) is 0 Å². The summed E-state index contributed by atoms with van der Waals surface area (Å²) in [7, 11) is 1.42. The molecule has 2 aliphatic rings. The van der Waals surface area contributed by atoms with Gasteiger partial charge < -0.3 is 20.1 Å². The summed E-state index contributed by atoms with van der Waals surface area (Å²) in [5, 5.41) is 11.6. The molecule has 2 saturated heterocycles. The number of carboxylic acid groups (broad SMARTS) is 1. The molecule has 2 atom stereocenters. The van der Waals surface area contributed by atoms with Crippen LogP contribution in [0.2, 0.25) is 0 Å². The molecule has 0 spiro atoms. The number of carboxylic acids is 1. The topological polar surface area (TPSA) is 82.1 Å². The molecule has 2 unspecified atom stereocenters. The van der Waals surface area contributed by atoms with Crippen molar-refractivity contribution in [1.29, 1.82) is 0 Å². The van der Waals surface area contributed by atoms with E-state index in [0.717, 1.165) is 25.9 Å². The van der Waals surface area contributed by atoms with Gasteiger partial charge >= 0.3 is 12.0 Å². The minimum Gasteiger partial charge on any atom is -0.480 e. The van der Waals surface area contributed by atoms with Gasteiger partial charge in [-0.15, -0.1) is 0 Å². The molecule has 2 rings (SSSR count). The molecule has 7 nitrogen and oxygen atoms in total. The summed E-state index contributed by atoms with van der Waals surface area (Å²) in [6.07, 6.45) is 3.23. The van der Waals surface area contributed by atoms with Gasteiger partial charge in [0.1, 0.15) is 0 Å². The average molecular weight is 285 g/mol. The Morgan fingerprint density at radius 1 is 1.35 bits per heavy atom. The van der Waals surface area contributed by atoms with Gasteiger partial charge in [-0.1, -0.05) is 0 Å². The normalized spacial score (nSPS) is 24.9. The van der Waals surface area contributed by atoms with E-state index in [1.807, 2.05) is 0 Å². The van der Waals surface area contributed by atoms with Crippen molar-refractivity contribution in [2.75, 3.05) is 39.9 Å². The van der Waals surface area contributed by atoms with Crippen molar-refractivity contribution >= 4 is 12.0 Å². The molecule has 2 aliphatic heterocycles. The summed E-state index contributed by atoms with van der Waals surface area (Å²) < 4.78 is 4.83. The Hall–Kier alpha value is -1.34. The highest BCUT2D eigenvalue weighted by atomic mass is 16.5. The minimum atomic E-state index is -1.07. The van der Waals surface area contributed by atoms with Gasteiger partial charge in [0.05, 0.1) is 6.61 Å². The maximum absolute atomic E-state index is 12.2. The number of fused-ring (bicyclic) bond motifs is 1. The Bertz CT molecular complexity index is 364. The lowest BCUT2D eigenvalue weighted by molar-refractivity contribution is -0.140. The Balaban J connectivity index is 1.92. The molecule has 7 heteroatoms. The fourth-order valence-corrected chi connectivity index (χ4v) is 2.97. The quantitative estimate of drug-likeness (QED) is 0.758. The zero-order valence-corrected chi connectivity index (χ0v) is 11.9. The number of amides is 2. The van der Waals surface area contributed by atoms with E-state index in [2.05, 4.69) is 10.2 Å². The van der Waals surface area contributed by atoms with Gasteiger partial charge in [-0.05, 0) is 25.8 Å². The summed E-state index contributed by atoms with van der Waals surface area (Å²) in [6, 6.07) is -0.868. The highest BCUT2D eigenvalue weighted by molar-refractivity contribution is 5.82. The Morgan fingerprint density at radius 3 is 2.80 bits per heavy atom. The van der Waals surface area contributed by atoms with E-state index < -0.39 is 12.0 Å². The van der Waals surface area contributed by atoms with Crippen molar-refractivity contribution in [2.24, 2.45) is 0 Å². The van der Waals surface area contributed by atoms with E-state index in [1.54, 1.807) is 4.90 Å². The summed E-state index contributed by atoms with van der Waals surface area (Å²) in [4.78, 5) is 27.4. The first-order valence-electron chi connectivity index (χ1n) is 7.13. The Labute approximate surface area is 118 Å². The molecule has 0 aromatic rings. The van der Waals surface area contributed by atoms with E-state index >= 15 is 0 Å². The first kappa shape index (κ1) is 15.1. The molecule has 2 heterocycles. The van der Waals surface area contributed by atoms with Gasteiger partial charge in [0.15, 0.2) is 6.04 Å². The molecule has 0 aromatic carbocycles. The number of aliphatic carboxylic acids is 1. The van der Waals surface area contributed by atoms with E-state index in [-0.39, 0.29) is 12.6 Å². The van der Waals surface area contributed by atoms with Gasteiger partial charge in [-0.25, -0.2) is 9.59 Å². The summed E-state index contributed by atoms with van der Waals surface area (Å²) in [6.45, 7) is 3.48. The van der Waals surface area contributed by atoms with Crippen molar-refractivity contribution in [2.45, 2.75) is 31.3 Å². The number of carbonyl (C=O) groups is 2. The van der Waals surface area contributed by atoms with Crippen LogP contribution in [0.15, 0.2) is 0 Å². The maximum Gasteiger partial charge on any atom is 0.328 e. The van der Waals surface area contributed by atoms with Crippen LogP contribution in [0.1, 0.15) is 19.3 Å². The van der Waals surface area contributed by atoms with Crippen molar-refractivity contribution in [3.63, 3.8) is 0 Å². The highest BCUT2D eigenvalue weighted by Gasteiger charge is 2.31.